The molecule has 26 heavy (non-hydrogen) atoms. The Morgan fingerprint density at radius 3 is 2.46 bits per heavy atom. The van der Waals surface area contributed by atoms with Crippen LogP contribution in [0.5, 0.6) is 0 Å². The summed E-state index contributed by atoms with van der Waals surface area (Å²) in [6.07, 6.45) is 3.01. The molecule has 1 aromatic carbocycles. The van der Waals surface area contributed by atoms with Gasteiger partial charge in [-0.1, -0.05) is 36.3 Å². The van der Waals surface area contributed by atoms with Crippen molar-refractivity contribution >= 4 is 29.9 Å². The SMILES string of the molecule is CCNC(=NCc1ccccc1CC)NCCCc1c(C)noc1C.I. The second-order valence-electron chi connectivity index (χ2n) is 6.15. The molecule has 0 saturated heterocycles. The number of nitrogens with zero attached hydrogens (tertiary/aromatic N) is 2. The van der Waals surface area contributed by atoms with Crippen LogP contribution in [-0.2, 0) is 19.4 Å². The first-order valence-electron chi connectivity index (χ1n) is 9.16. The van der Waals surface area contributed by atoms with E-state index >= 15 is 0 Å². The Hall–Kier alpha value is -1.57. The molecule has 0 aliphatic heterocycles. The van der Waals surface area contributed by atoms with Crippen molar-refractivity contribution < 1.29 is 4.52 Å². The molecule has 0 saturated carbocycles. The van der Waals surface area contributed by atoms with Gasteiger partial charge in [-0.05, 0) is 51.2 Å². The van der Waals surface area contributed by atoms with Crippen LogP contribution < -0.4 is 10.6 Å². The lowest BCUT2D eigenvalue weighted by Gasteiger charge is -2.12. The minimum absolute atomic E-state index is 0. The third kappa shape index (κ3) is 6.63. The van der Waals surface area contributed by atoms with Crippen LogP contribution in [0.1, 0.15) is 48.4 Å². The Morgan fingerprint density at radius 2 is 1.85 bits per heavy atom. The van der Waals surface area contributed by atoms with Crippen LogP contribution in [-0.4, -0.2) is 24.2 Å². The molecule has 0 unspecified atom stereocenters. The normalized spacial score (nSPS) is 11.2. The van der Waals surface area contributed by atoms with Crippen LogP contribution in [0.2, 0.25) is 0 Å². The first kappa shape index (κ1) is 22.5. The lowest BCUT2D eigenvalue weighted by molar-refractivity contribution is 0.392. The van der Waals surface area contributed by atoms with Crippen molar-refractivity contribution in [2.75, 3.05) is 13.1 Å². The summed E-state index contributed by atoms with van der Waals surface area (Å²) < 4.78 is 5.21. The van der Waals surface area contributed by atoms with Crippen molar-refractivity contribution in [3.63, 3.8) is 0 Å². The van der Waals surface area contributed by atoms with Crippen LogP contribution in [0.25, 0.3) is 0 Å². The maximum absolute atomic E-state index is 5.21. The third-order valence-electron chi connectivity index (χ3n) is 4.33. The van der Waals surface area contributed by atoms with E-state index in [0.717, 1.165) is 49.8 Å². The highest BCUT2D eigenvalue weighted by Crippen LogP contribution is 2.14. The fourth-order valence-electron chi connectivity index (χ4n) is 2.89. The average Bonchev–Trinajstić information content (AvgIpc) is 2.95. The zero-order valence-electron chi connectivity index (χ0n) is 16.3. The van der Waals surface area contributed by atoms with Gasteiger partial charge in [-0.25, -0.2) is 4.99 Å². The average molecular weight is 470 g/mol. The largest absolute Gasteiger partial charge is 0.361 e. The topological polar surface area (TPSA) is 62.5 Å². The van der Waals surface area contributed by atoms with Crippen LogP contribution in [0, 0.1) is 13.8 Å². The molecule has 0 atom stereocenters. The molecule has 1 heterocycles. The zero-order valence-corrected chi connectivity index (χ0v) is 18.6. The molecule has 6 heteroatoms. The quantitative estimate of drug-likeness (QED) is 0.263. The number of nitrogens with one attached hydrogen (secondary N) is 2. The van der Waals surface area contributed by atoms with Crippen molar-refractivity contribution in [3.05, 3.63) is 52.4 Å². The van der Waals surface area contributed by atoms with Gasteiger partial charge in [0, 0.05) is 18.7 Å². The maximum atomic E-state index is 5.21. The molecular formula is C20H31IN4O. The maximum Gasteiger partial charge on any atom is 0.191 e. The van der Waals surface area contributed by atoms with Gasteiger partial charge in [0.05, 0.1) is 12.2 Å². The summed E-state index contributed by atoms with van der Waals surface area (Å²) in [5, 5.41) is 10.7. The highest BCUT2D eigenvalue weighted by molar-refractivity contribution is 14.0. The van der Waals surface area contributed by atoms with E-state index in [1.165, 1.54) is 16.7 Å². The Balaban J connectivity index is 0.00000338. The molecule has 0 aliphatic rings. The van der Waals surface area contributed by atoms with Gasteiger partial charge in [-0.3, -0.25) is 0 Å². The molecule has 2 N–H and O–H groups in total. The van der Waals surface area contributed by atoms with Crippen molar-refractivity contribution in [2.24, 2.45) is 4.99 Å². The standard InChI is InChI=1S/C20H30N4O.HI/c1-5-17-10-7-8-11-18(17)14-23-20(21-6-2)22-13-9-12-19-15(3)24-25-16(19)4;/h7-8,10-11H,5-6,9,12-14H2,1-4H3,(H2,21,22,23);1H. The molecule has 0 spiro atoms. The summed E-state index contributed by atoms with van der Waals surface area (Å²) in [7, 11) is 0. The molecule has 0 bridgehead atoms. The van der Waals surface area contributed by atoms with E-state index in [1.54, 1.807) is 0 Å². The Kier molecular flexibility index (Phi) is 10.3. The number of aryl methyl sites for hydroxylation is 3. The van der Waals surface area contributed by atoms with E-state index in [2.05, 4.69) is 53.9 Å². The van der Waals surface area contributed by atoms with Crippen LogP contribution in [0.15, 0.2) is 33.8 Å². The van der Waals surface area contributed by atoms with Gasteiger partial charge in [-0.15, -0.1) is 24.0 Å². The first-order valence-corrected chi connectivity index (χ1v) is 9.16. The number of aromatic nitrogens is 1. The van der Waals surface area contributed by atoms with Crippen LogP contribution in [0.3, 0.4) is 0 Å². The molecule has 2 rings (SSSR count). The summed E-state index contributed by atoms with van der Waals surface area (Å²) in [6, 6.07) is 8.50. The highest BCUT2D eigenvalue weighted by Gasteiger charge is 2.08. The van der Waals surface area contributed by atoms with Gasteiger partial charge in [0.2, 0.25) is 0 Å². The lowest BCUT2D eigenvalue weighted by Crippen LogP contribution is -2.37. The van der Waals surface area contributed by atoms with Gasteiger partial charge < -0.3 is 15.2 Å². The smallest absolute Gasteiger partial charge is 0.191 e. The van der Waals surface area contributed by atoms with Gasteiger partial charge in [0.1, 0.15) is 5.76 Å². The van der Waals surface area contributed by atoms with Gasteiger partial charge in [0.15, 0.2) is 5.96 Å². The summed E-state index contributed by atoms with van der Waals surface area (Å²) in [5.74, 6) is 1.79. The number of hydrogen-bond acceptors (Lipinski definition) is 3. The Bertz CT molecular complexity index is 677. The minimum Gasteiger partial charge on any atom is -0.361 e. The van der Waals surface area contributed by atoms with E-state index in [9.17, 15) is 0 Å². The minimum atomic E-state index is 0. The van der Waals surface area contributed by atoms with Gasteiger partial charge >= 0.3 is 0 Å². The molecule has 0 radical (unpaired) electrons. The van der Waals surface area contributed by atoms with Crippen molar-refractivity contribution in [1.29, 1.82) is 0 Å². The Morgan fingerprint density at radius 1 is 1.12 bits per heavy atom. The Labute approximate surface area is 174 Å². The second kappa shape index (κ2) is 11.9. The molecule has 0 aliphatic carbocycles. The molecule has 1 aromatic heterocycles. The summed E-state index contributed by atoms with van der Waals surface area (Å²) in [4.78, 5) is 4.73. The van der Waals surface area contributed by atoms with Crippen molar-refractivity contribution in [3.8, 4) is 0 Å². The number of hydrogen-bond donors (Lipinski definition) is 2. The summed E-state index contributed by atoms with van der Waals surface area (Å²) in [6.45, 7) is 10.6. The molecule has 0 fully saturated rings. The van der Waals surface area contributed by atoms with E-state index in [1.807, 2.05) is 13.8 Å². The molecule has 144 valence electrons. The van der Waals surface area contributed by atoms with E-state index in [-0.39, 0.29) is 24.0 Å². The fourth-order valence-corrected chi connectivity index (χ4v) is 2.89. The number of aliphatic imine (C=N–C) groups is 1. The van der Waals surface area contributed by atoms with Crippen LogP contribution in [0.4, 0.5) is 0 Å². The fraction of sp³-hybridized carbons (Fsp3) is 0.500. The van der Waals surface area contributed by atoms with E-state index in [0.29, 0.717) is 6.54 Å². The number of rotatable bonds is 8. The predicted octanol–water partition coefficient (Wildman–Crippen LogP) is 4.16. The number of halogens is 1. The molecule has 5 nitrogen and oxygen atoms in total. The third-order valence-corrected chi connectivity index (χ3v) is 4.33. The van der Waals surface area contributed by atoms with Crippen molar-refractivity contribution in [2.45, 2.75) is 53.5 Å². The van der Waals surface area contributed by atoms with E-state index in [4.69, 9.17) is 9.52 Å². The molecular weight excluding hydrogens is 439 g/mol. The molecule has 2 aromatic rings. The highest BCUT2D eigenvalue weighted by atomic mass is 127. The summed E-state index contributed by atoms with van der Waals surface area (Å²) >= 11 is 0. The first-order chi connectivity index (χ1) is 12.2. The second-order valence-corrected chi connectivity index (χ2v) is 6.15. The van der Waals surface area contributed by atoms with Gasteiger partial charge in [-0.2, -0.15) is 0 Å². The number of guanidine groups is 1. The van der Waals surface area contributed by atoms with E-state index < -0.39 is 0 Å². The predicted molar refractivity (Wildman–Crippen MR) is 118 cm³/mol. The zero-order chi connectivity index (χ0) is 18.1. The van der Waals surface area contributed by atoms with Crippen LogP contribution >= 0.6 is 24.0 Å². The van der Waals surface area contributed by atoms with Gasteiger partial charge in [0.25, 0.3) is 0 Å². The lowest BCUT2D eigenvalue weighted by atomic mass is 10.1. The number of benzene rings is 1. The monoisotopic (exact) mass is 470 g/mol. The van der Waals surface area contributed by atoms with Crippen molar-refractivity contribution in [1.82, 2.24) is 15.8 Å². The molecule has 0 amide bonds. The summed E-state index contributed by atoms with van der Waals surface area (Å²) in [5.41, 5.74) is 4.87.